The van der Waals surface area contributed by atoms with Gasteiger partial charge in [0.25, 0.3) is 0 Å². The fraction of sp³-hybridized carbons (Fsp3) is 0.759. The predicted octanol–water partition coefficient (Wildman–Crippen LogP) is 4.19. The molecule has 1 aromatic rings. The van der Waals surface area contributed by atoms with E-state index in [1.54, 1.807) is 18.5 Å². The summed E-state index contributed by atoms with van der Waals surface area (Å²) in [6.45, 7) is 10.9. The highest BCUT2D eigenvalue weighted by atomic mass is 32.2. The third-order valence-electron chi connectivity index (χ3n) is 8.01. The lowest BCUT2D eigenvalue weighted by atomic mass is 9.94. The van der Waals surface area contributed by atoms with Crippen molar-refractivity contribution in [2.45, 2.75) is 89.0 Å². The monoisotopic (exact) mass is 534 g/mol. The van der Waals surface area contributed by atoms with Gasteiger partial charge < -0.3 is 20.3 Å². The number of carbonyl (C=O) groups excluding carboxylic acids is 1. The first-order chi connectivity index (χ1) is 17.9. The molecule has 2 heterocycles. The van der Waals surface area contributed by atoms with E-state index in [1.165, 1.54) is 77.7 Å². The summed E-state index contributed by atoms with van der Waals surface area (Å²) in [4.78, 5) is 15.5. The molecule has 0 aromatic heterocycles. The van der Waals surface area contributed by atoms with Crippen LogP contribution in [-0.4, -0.2) is 78.8 Å². The van der Waals surface area contributed by atoms with Gasteiger partial charge in [0.2, 0.25) is 5.91 Å². The van der Waals surface area contributed by atoms with Crippen LogP contribution in [0.2, 0.25) is 0 Å². The Labute approximate surface area is 227 Å². The largest absolute Gasteiger partial charge is 0.497 e. The number of likely N-dealkylation sites (tertiary alicyclic amines) is 1. The van der Waals surface area contributed by atoms with Crippen LogP contribution in [0.4, 0.5) is 0 Å². The van der Waals surface area contributed by atoms with Crippen molar-refractivity contribution < 1.29 is 13.7 Å². The number of nitrogens with one attached hydrogen (secondary N) is 2. The zero-order valence-corrected chi connectivity index (χ0v) is 24.5. The first-order valence-electron chi connectivity index (χ1n) is 14.4. The van der Waals surface area contributed by atoms with E-state index in [0.29, 0.717) is 19.0 Å². The maximum absolute atomic E-state index is 12.9. The molecule has 1 unspecified atom stereocenters. The Hall–Kier alpha value is -1.48. The molecule has 1 amide bonds. The molecule has 2 aliphatic heterocycles. The van der Waals surface area contributed by atoms with Crippen LogP contribution in [-0.2, 0) is 15.8 Å². The molecule has 2 saturated heterocycles. The highest BCUT2D eigenvalue weighted by Crippen LogP contribution is 2.26. The van der Waals surface area contributed by atoms with E-state index in [0.717, 1.165) is 40.5 Å². The molecular formula is C29H50N4O3S. The molecular weight excluding hydrogens is 484 g/mol. The molecule has 3 aliphatic rings. The summed E-state index contributed by atoms with van der Waals surface area (Å²) >= 11 is 0. The van der Waals surface area contributed by atoms with Crippen molar-refractivity contribution in [2.24, 2.45) is 5.92 Å². The van der Waals surface area contributed by atoms with Gasteiger partial charge in [0.05, 0.1) is 12.0 Å². The van der Waals surface area contributed by atoms with Gasteiger partial charge in [0.15, 0.2) is 0 Å². The minimum atomic E-state index is -1.29. The van der Waals surface area contributed by atoms with Crippen LogP contribution in [0.1, 0.15) is 75.3 Å². The van der Waals surface area contributed by atoms with Gasteiger partial charge in [-0.15, -0.1) is 0 Å². The normalized spacial score (nSPS) is 20.0. The van der Waals surface area contributed by atoms with Gasteiger partial charge in [-0.2, -0.15) is 0 Å². The van der Waals surface area contributed by atoms with Crippen molar-refractivity contribution in [3.05, 3.63) is 23.3 Å². The van der Waals surface area contributed by atoms with E-state index in [4.69, 9.17) is 4.74 Å². The number of nitrogens with zero attached hydrogens (tertiary/aromatic N) is 2. The number of hydrogen-bond donors (Lipinski definition) is 2. The smallest absolute Gasteiger partial charge is 0.221 e. The SMILES string of the molecule is C1CN(CCC2CCNCC2)C1.COc1cc(C)c(S(=O)N(C)CCC(=O)NC2CCCCC2)c(C)c1. The van der Waals surface area contributed by atoms with Crippen molar-refractivity contribution in [2.75, 3.05) is 53.4 Å². The van der Waals surface area contributed by atoms with Gasteiger partial charge in [0, 0.05) is 26.1 Å². The zero-order valence-electron chi connectivity index (χ0n) is 23.7. The maximum atomic E-state index is 12.9. The van der Waals surface area contributed by atoms with Gasteiger partial charge in [0.1, 0.15) is 16.7 Å². The molecule has 2 N–H and O–H groups in total. The van der Waals surface area contributed by atoms with Gasteiger partial charge in [-0.3, -0.25) is 4.79 Å². The maximum Gasteiger partial charge on any atom is 0.221 e. The average Bonchev–Trinajstić information content (AvgIpc) is 2.87. The van der Waals surface area contributed by atoms with Gasteiger partial charge >= 0.3 is 0 Å². The number of rotatable bonds is 10. The highest BCUT2D eigenvalue weighted by Gasteiger charge is 2.20. The Bertz CT molecular complexity index is 842. The Morgan fingerprint density at radius 1 is 1.08 bits per heavy atom. The van der Waals surface area contributed by atoms with Crippen LogP contribution in [0.5, 0.6) is 5.75 Å². The summed E-state index contributed by atoms with van der Waals surface area (Å²) in [5.41, 5.74) is 1.88. The predicted molar refractivity (Wildman–Crippen MR) is 152 cm³/mol. The number of piperidine rings is 1. The Morgan fingerprint density at radius 3 is 2.30 bits per heavy atom. The molecule has 37 heavy (non-hydrogen) atoms. The van der Waals surface area contributed by atoms with E-state index in [1.807, 2.05) is 26.0 Å². The highest BCUT2D eigenvalue weighted by molar-refractivity contribution is 7.82. The molecule has 4 rings (SSSR count). The van der Waals surface area contributed by atoms with Crippen LogP contribution in [0, 0.1) is 19.8 Å². The standard InChI is InChI=1S/C19H30N2O3S.C10H20N2/c1-14-12-17(24-4)13-15(2)19(14)25(23)21(3)11-10-18(22)20-16-8-6-5-7-9-16;1-7-12(8-1)9-4-10-2-5-11-6-3-10/h12-13,16H,5-11H2,1-4H3,(H,20,22);10-11H,1-9H2. The number of carbonyl (C=O) groups is 1. The lowest BCUT2D eigenvalue weighted by Gasteiger charge is -2.33. The fourth-order valence-corrected chi connectivity index (χ4v) is 6.73. The van der Waals surface area contributed by atoms with E-state index in [2.05, 4.69) is 15.5 Å². The molecule has 1 aromatic carbocycles. The van der Waals surface area contributed by atoms with Crippen LogP contribution >= 0.6 is 0 Å². The molecule has 0 spiro atoms. The second-order valence-electron chi connectivity index (χ2n) is 11.0. The number of benzene rings is 1. The molecule has 3 fully saturated rings. The minimum Gasteiger partial charge on any atom is -0.497 e. The van der Waals surface area contributed by atoms with E-state index in [-0.39, 0.29) is 5.91 Å². The minimum absolute atomic E-state index is 0.0546. The second kappa shape index (κ2) is 15.8. The number of amides is 1. The first-order valence-corrected chi connectivity index (χ1v) is 15.5. The molecule has 8 heteroatoms. The average molecular weight is 535 g/mol. The van der Waals surface area contributed by atoms with E-state index in [9.17, 15) is 9.00 Å². The van der Waals surface area contributed by atoms with Crippen molar-refractivity contribution in [3.8, 4) is 5.75 Å². The van der Waals surface area contributed by atoms with Crippen molar-refractivity contribution in [1.29, 1.82) is 0 Å². The molecule has 210 valence electrons. The molecule has 7 nitrogen and oxygen atoms in total. The zero-order chi connectivity index (χ0) is 26.6. The van der Waals surface area contributed by atoms with Crippen molar-refractivity contribution in [3.63, 3.8) is 0 Å². The lowest BCUT2D eigenvalue weighted by molar-refractivity contribution is -0.122. The van der Waals surface area contributed by atoms with Crippen molar-refractivity contribution >= 4 is 16.9 Å². The number of methoxy groups -OCH3 is 1. The van der Waals surface area contributed by atoms with Crippen LogP contribution in [0.3, 0.4) is 0 Å². The molecule has 1 atom stereocenters. The first kappa shape index (κ1) is 30.1. The summed E-state index contributed by atoms with van der Waals surface area (Å²) in [6, 6.07) is 4.11. The van der Waals surface area contributed by atoms with Crippen LogP contribution in [0.15, 0.2) is 17.0 Å². The lowest BCUT2D eigenvalue weighted by Crippen LogP contribution is -2.39. The van der Waals surface area contributed by atoms with Gasteiger partial charge in [-0.05, 0) is 114 Å². The van der Waals surface area contributed by atoms with Gasteiger partial charge in [-0.1, -0.05) is 19.3 Å². The Kier molecular flexibility index (Phi) is 12.9. The van der Waals surface area contributed by atoms with Gasteiger partial charge in [-0.25, -0.2) is 8.51 Å². The molecule has 0 radical (unpaired) electrons. The Morgan fingerprint density at radius 2 is 1.73 bits per heavy atom. The molecule has 1 saturated carbocycles. The topological polar surface area (TPSA) is 73.9 Å². The van der Waals surface area contributed by atoms with E-state index >= 15 is 0 Å². The number of hydrogen-bond acceptors (Lipinski definition) is 5. The van der Waals surface area contributed by atoms with Crippen LogP contribution in [0.25, 0.3) is 0 Å². The number of ether oxygens (including phenoxy) is 1. The summed E-state index contributed by atoms with van der Waals surface area (Å²) in [7, 11) is 2.14. The Balaban J connectivity index is 0.000000262. The van der Waals surface area contributed by atoms with Crippen molar-refractivity contribution in [1.82, 2.24) is 19.8 Å². The quantitative estimate of drug-likeness (QED) is 0.471. The van der Waals surface area contributed by atoms with E-state index < -0.39 is 11.0 Å². The molecule has 1 aliphatic carbocycles. The summed E-state index contributed by atoms with van der Waals surface area (Å²) < 4.78 is 19.8. The summed E-state index contributed by atoms with van der Waals surface area (Å²) in [6.07, 6.45) is 11.9. The second-order valence-corrected chi connectivity index (χ2v) is 12.6. The third-order valence-corrected chi connectivity index (χ3v) is 9.75. The molecule has 0 bridgehead atoms. The third kappa shape index (κ3) is 9.97. The fourth-order valence-electron chi connectivity index (χ4n) is 5.49. The summed E-state index contributed by atoms with van der Waals surface area (Å²) in [5.74, 6) is 1.84. The summed E-state index contributed by atoms with van der Waals surface area (Å²) in [5, 5.41) is 6.53. The number of aryl methyl sites for hydroxylation is 2. The van der Waals surface area contributed by atoms with Crippen LogP contribution < -0.4 is 15.4 Å².